The zero-order chi connectivity index (χ0) is 14.4. The van der Waals surface area contributed by atoms with Gasteiger partial charge in [0.2, 0.25) is 0 Å². The average Bonchev–Trinajstić information content (AvgIpc) is 2.24. The van der Waals surface area contributed by atoms with Gasteiger partial charge in [-0.2, -0.15) is 26.3 Å². The summed E-state index contributed by atoms with van der Waals surface area (Å²) >= 11 is 0. The van der Waals surface area contributed by atoms with Gasteiger partial charge in [0.25, 0.3) is 0 Å². The molecule has 0 atom stereocenters. The van der Waals surface area contributed by atoms with E-state index < -0.39 is 23.6 Å². The predicted octanol–water partition coefficient (Wildman–Crippen LogP) is 4.58. The molecular formula is C12H7F6N. The van der Waals surface area contributed by atoms with Gasteiger partial charge in [-0.15, -0.1) is 0 Å². The number of nitrogens with zero attached hydrogens (tertiary/aromatic N) is 1. The van der Waals surface area contributed by atoms with Crippen LogP contribution in [0.4, 0.5) is 26.3 Å². The molecule has 2 rings (SSSR count). The average molecular weight is 279 g/mol. The Morgan fingerprint density at radius 2 is 1.53 bits per heavy atom. The second-order valence-electron chi connectivity index (χ2n) is 4.07. The molecule has 0 aliphatic carbocycles. The van der Waals surface area contributed by atoms with Crippen LogP contribution in [0.15, 0.2) is 24.3 Å². The van der Waals surface area contributed by atoms with E-state index in [-0.39, 0.29) is 17.0 Å². The Bertz CT molecular complexity index is 626. The third kappa shape index (κ3) is 2.64. The predicted molar refractivity (Wildman–Crippen MR) is 56.5 cm³/mol. The minimum atomic E-state index is -4.92. The highest BCUT2D eigenvalue weighted by atomic mass is 19.4. The Morgan fingerprint density at radius 3 is 2.05 bits per heavy atom. The van der Waals surface area contributed by atoms with Gasteiger partial charge in [0, 0.05) is 5.39 Å². The molecule has 0 radical (unpaired) electrons. The number of pyridine rings is 1. The first-order chi connectivity index (χ1) is 8.59. The van der Waals surface area contributed by atoms with Crippen LogP contribution >= 0.6 is 0 Å². The summed E-state index contributed by atoms with van der Waals surface area (Å²) in [7, 11) is 0. The van der Waals surface area contributed by atoms with E-state index in [0.717, 1.165) is 6.07 Å². The molecule has 19 heavy (non-hydrogen) atoms. The molecule has 0 fully saturated rings. The van der Waals surface area contributed by atoms with E-state index in [2.05, 4.69) is 4.98 Å². The van der Waals surface area contributed by atoms with Crippen molar-refractivity contribution in [3.8, 4) is 0 Å². The van der Waals surface area contributed by atoms with Crippen LogP contribution in [0.3, 0.4) is 0 Å². The lowest BCUT2D eigenvalue weighted by molar-refractivity contribution is -0.144. The molecule has 1 heterocycles. The second-order valence-corrected chi connectivity index (χ2v) is 4.07. The van der Waals surface area contributed by atoms with Crippen LogP contribution in [0, 0.1) is 6.92 Å². The fourth-order valence-corrected chi connectivity index (χ4v) is 1.72. The molecule has 0 aliphatic heterocycles. The molecule has 0 bridgehead atoms. The van der Waals surface area contributed by atoms with E-state index in [1.807, 2.05) is 0 Å². The van der Waals surface area contributed by atoms with E-state index in [1.165, 1.54) is 12.1 Å². The zero-order valence-electron chi connectivity index (χ0n) is 9.52. The summed E-state index contributed by atoms with van der Waals surface area (Å²) in [5.74, 6) is 0. The normalized spacial score (nSPS) is 13.0. The first-order valence-corrected chi connectivity index (χ1v) is 5.15. The lowest BCUT2D eigenvalue weighted by atomic mass is 10.1. The Balaban J connectivity index is 2.84. The van der Waals surface area contributed by atoms with Crippen LogP contribution in [0.5, 0.6) is 0 Å². The fourth-order valence-electron chi connectivity index (χ4n) is 1.72. The van der Waals surface area contributed by atoms with Gasteiger partial charge in [0.05, 0.1) is 11.1 Å². The van der Waals surface area contributed by atoms with Gasteiger partial charge in [-0.25, -0.2) is 4.98 Å². The lowest BCUT2D eigenvalue weighted by Gasteiger charge is -2.14. The highest BCUT2D eigenvalue weighted by molar-refractivity contribution is 5.83. The highest BCUT2D eigenvalue weighted by Crippen LogP contribution is 2.38. The van der Waals surface area contributed by atoms with Crippen molar-refractivity contribution in [3.63, 3.8) is 0 Å². The summed E-state index contributed by atoms with van der Waals surface area (Å²) in [5.41, 5.74) is -2.66. The highest BCUT2D eigenvalue weighted by Gasteiger charge is 2.39. The van der Waals surface area contributed by atoms with E-state index in [0.29, 0.717) is 5.56 Å². The van der Waals surface area contributed by atoms with Crippen molar-refractivity contribution in [1.82, 2.24) is 4.98 Å². The molecule has 1 nitrogen and oxygen atoms in total. The number of hydrogen-bond acceptors (Lipinski definition) is 1. The number of alkyl halides is 6. The number of benzene rings is 1. The van der Waals surface area contributed by atoms with Crippen molar-refractivity contribution in [2.75, 3.05) is 0 Å². The number of halogens is 6. The smallest absolute Gasteiger partial charge is 0.243 e. The molecule has 2 aromatic rings. The summed E-state index contributed by atoms with van der Waals surface area (Å²) in [6.07, 6.45) is -9.78. The van der Waals surface area contributed by atoms with Crippen LogP contribution in [0.25, 0.3) is 10.9 Å². The van der Waals surface area contributed by atoms with Crippen molar-refractivity contribution in [2.45, 2.75) is 19.3 Å². The molecule has 0 N–H and O–H groups in total. The molecule has 102 valence electrons. The summed E-state index contributed by atoms with van der Waals surface area (Å²) < 4.78 is 76.0. The number of fused-ring (bicyclic) bond motifs is 1. The first kappa shape index (κ1) is 13.6. The van der Waals surface area contributed by atoms with Crippen LogP contribution in [-0.4, -0.2) is 4.98 Å². The van der Waals surface area contributed by atoms with Crippen molar-refractivity contribution >= 4 is 10.9 Å². The van der Waals surface area contributed by atoms with Gasteiger partial charge < -0.3 is 0 Å². The third-order valence-corrected chi connectivity index (χ3v) is 2.56. The van der Waals surface area contributed by atoms with E-state index in [4.69, 9.17) is 0 Å². The molecule has 7 heteroatoms. The van der Waals surface area contributed by atoms with Crippen LogP contribution < -0.4 is 0 Å². The lowest BCUT2D eigenvalue weighted by Crippen LogP contribution is -2.13. The van der Waals surface area contributed by atoms with Gasteiger partial charge in [0.1, 0.15) is 5.69 Å². The van der Waals surface area contributed by atoms with E-state index >= 15 is 0 Å². The summed E-state index contributed by atoms with van der Waals surface area (Å²) in [4.78, 5) is 3.26. The molecular weight excluding hydrogens is 272 g/mol. The minimum Gasteiger partial charge on any atom is -0.243 e. The molecule has 0 saturated heterocycles. The maximum absolute atomic E-state index is 12.8. The summed E-state index contributed by atoms with van der Waals surface area (Å²) in [6.45, 7) is 1.56. The third-order valence-electron chi connectivity index (χ3n) is 2.56. The van der Waals surface area contributed by atoms with Gasteiger partial charge in [-0.05, 0) is 24.6 Å². The standard InChI is InChI=1S/C12H7F6N/c1-6-2-3-7-8(11(13,14)15)5-10(12(16,17)18)19-9(7)4-6/h2-5H,1H3. The number of aromatic nitrogens is 1. The van der Waals surface area contributed by atoms with Crippen molar-refractivity contribution in [3.05, 3.63) is 41.1 Å². The Kier molecular flexibility index (Phi) is 2.95. The molecule has 0 amide bonds. The maximum atomic E-state index is 12.8. The van der Waals surface area contributed by atoms with Gasteiger partial charge >= 0.3 is 12.4 Å². The maximum Gasteiger partial charge on any atom is 0.433 e. The second kappa shape index (κ2) is 4.11. The van der Waals surface area contributed by atoms with Crippen LogP contribution in [-0.2, 0) is 12.4 Å². The molecule has 0 spiro atoms. The Morgan fingerprint density at radius 1 is 0.895 bits per heavy atom. The quantitative estimate of drug-likeness (QED) is 0.643. The SMILES string of the molecule is Cc1ccc2c(C(F)(F)F)cc(C(F)(F)F)nc2c1. The Hall–Kier alpha value is -1.79. The largest absolute Gasteiger partial charge is 0.433 e. The monoisotopic (exact) mass is 279 g/mol. The number of aryl methyl sites for hydroxylation is 1. The van der Waals surface area contributed by atoms with Gasteiger partial charge in [0.15, 0.2) is 0 Å². The Labute approximate surface area is 103 Å². The summed E-state index contributed by atoms with van der Waals surface area (Å²) in [5, 5.41) is -0.342. The summed E-state index contributed by atoms with van der Waals surface area (Å²) in [6, 6.07) is 3.75. The molecule has 0 aliphatic rings. The molecule has 0 unspecified atom stereocenters. The zero-order valence-corrected chi connectivity index (χ0v) is 9.52. The topological polar surface area (TPSA) is 12.9 Å². The molecule has 0 saturated carbocycles. The minimum absolute atomic E-state index is 0.0394. The molecule has 1 aromatic heterocycles. The molecule has 1 aromatic carbocycles. The fraction of sp³-hybridized carbons (Fsp3) is 0.250. The van der Waals surface area contributed by atoms with Crippen molar-refractivity contribution in [2.24, 2.45) is 0 Å². The first-order valence-electron chi connectivity index (χ1n) is 5.15. The van der Waals surface area contributed by atoms with Crippen molar-refractivity contribution < 1.29 is 26.3 Å². The number of hydrogen-bond donors (Lipinski definition) is 0. The van der Waals surface area contributed by atoms with Crippen molar-refractivity contribution in [1.29, 1.82) is 0 Å². The van der Waals surface area contributed by atoms with Gasteiger partial charge in [-0.3, -0.25) is 0 Å². The van der Waals surface area contributed by atoms with E-state index in [9.17, 15) is 26.3 Å². The van der Waals surface area contributed by atoms with Gasteiger partial charge in [-0.1, -0.05) is 12.1 Å². The van der Waals surface area contributed by atoms with Crippen LogP contribution in [0.1, 0.15) is 16.8 Å². The van der Waals surface area contributed by atoms with E-state index in [1.54, 1.807) is 6.92 Å². The van der Waals surface area contributed by atoms with Crippen LogP contribution in [0.2, 0.25) is 0 Å². The number of rotatable bonds is 0.